The zero-order valence-electron chi connectivity index (χ0n) is 25.6. The number of allylic oxidation sites excluding steroid dienone is 4. The molecular weight excluding hydrogens is 599 g/mol. The van der Waals surface area contributed by atoms with Crippen molar-refractivity contribution in [2.75, 3.05) is 0 Å². The number of rotatable bonds is 7. The third-order valence-electron chi connectivity index (χ3n) is 8.23. The standard InChI is InChI=1S/C13H22OSi.C13H10.C8H13Si.2ClH.Ti/c1-10-7-11(14)9-12(8-10)15(5,6)13(2,3)4;1-3-7-12(8-4-1)11-13-9-5-2-6-10-13;1-9(2,3)8-6-4-5-7-8;;;/h7-9,14H,1-6H3;1-10H;4,6H,5H2,1-3H3;2*1H;/q;;;;;+1/p-1. The van der Waals surface area contributed by atoms with E-state index in [-0.39, 0.29) is 29.9 Å². The number of hydrogen-bond acceptors (Lipinski definition) is 1. The first-order valence-electron chi connectivity index (χ1n) is 13.8. The van der Waals surface area contributed by atoms with Crippen LogP contribution in [0.3, 0.4) is 0 Å². The molecule has 214 valence electrons. The third-order valence-corrected chi connectivity index (χ3v) is 20.1. The summed E-state index contributed by atoms with van der Waals surface area (Å²) in [5, 5.41) is 3.35. The van der Waals surface area contributed by atoms with Crippen molar-refractivity contribution in [3.05, 3.63) is 117 Å². The van der Waals surface area contributed by atoms with Crippen molar-refractivity contribution in [1.29, 1.82) is 0 Å². The van der Waals surface area contributed by atoms with Crippen molar-refractivity contribution in [2.24, 2.45) is 0 Å². The van der Waals surface area contributed by atoms with Crippen LogP contribution in [0.15, 0.2) is 100 Å². The van der Waals surface area contributed by atoms with Gasteiger partial charge in [-0.2, -0.15) is 0 Å². The van der Waals surface area contributed by atoms with E-state index in [1.54, 1.807) is 9.07 Å². The molecule has 3 aromatic rings. The summed E-state index contributed by atoms with van der Waals surface area (Å²) in [5.41, 5.74) is 3.88. The van der Waals surface area contributed by atoms with Gasteiger partial charge < -0.3 is 0 Å². The van der Waals surface area contributed by atoms with Crippen LogP contribution < -0.4 is 8.51 Å². The molecule has 3 aromatic carbocycles. The maximum atomic E-state index is 7.40. The van der Waals surface area contributed by atoms with Crippen LogP contribution >= 0.6 is 24.8 Å². The molecule has 1 aliphatic rings. The van der Waals surface area contributed by atoms with Crippen molar-refractivity contribution >= 4 is 50.0 Å². The Morgan fingerprint density at radius 1 is 0.775 bits per heavy atom. The summed E-state index contributed by atoms with van der Waals surface area (Å²) in [6.45, 7) is 21.8. The monoisotopic (exact) mass is 644 g/mol. The van der Waals surface area contributed by atoms with Crippen LogP contribution in [0, 0.1) is 6.92 Å². The topological polar surface area (TPSA) is 9.23 Å². The average Bonchev–Trinajstić information content (AvgIpc) is 3.35. The molecule has 0 atom stereocenters. The van der Waals surface area contributed by atoms with E-state index in [1.807, 2.05) is 0 Å². The Bertz CT molecular complexity index is 1360. The summed E-state index contributed by atoms with van der Waals surface area (Å²) in [6, 6.07) is 29.0. The van der Waals surface area contributed by atoms with E-state index in [1.165, 1.54) is 25.7 Å². The van der Waals surface area contributed by atoms with Crippen LogP contribution in [-0.2, 0) is 17.8 Å². The van der Waals surface area contributed by atoms with Crippen molar-refractivity contribution in [3.63, 3.8) is 0 Å². The van der Waals surface area contributed by atoms with Crippen LogP contribution in [0.2, 0.25) is 37.8 Å². The van der Waals surface area contributed by atoms with Crippen molar-refractivity contribution in [3.8, 4) is 5.75 Å². The van der Waals surface area contributed by atoms with E-state index in [9.17, 15) is 0 Å². The summed E-state index contributed by atoms with van der Waals surface area (Å²) in [6.07, 6.45) is 5.81. The fraction of sp³-hybridized carbons (Fsp3) is 0.324. The predicted octanol–water partition coefficient (Wildman–Crippen LogP) is 9.83. The second-order valence-corrected chi connectivity index (χ2v) is 26.6. The van der Waals surface area contributed by atoms with Crippen molar-refractivity contribution in [2.45, 2.75) is 71.9 Å². The van der Waals surface area contributed by atoms with Gasteiger partial charge in [-0.25, -0.2) is 0 Å². The average molecular weight is 646 g/mol. The van der Waals surface area contributed by atoms with Gasteiger partial charge in [-0.3, -0.25) is 0 Å². The quantitative estimate of drug-likeness (QED) is 0.233. The van der Waals surface area contributed by atoms with Gasteiger partial charge in [0.15, 0.2) is 0 Å². The Kier molecular flexibility index (Phi) is 11.9. The smallest absolute Gasteiger partial charge is 0.147 e. The first-order valence-corrected chi connectivity index (χ1v) is 22.5. The minimum absolute atomic E-state index is 0. The molecule has 0 bridgehead atoms. The number of hydrogen-bond donors (Lipinski definition) is 0. The van der Waals surface area contributed by atoms with Gasteiger partial charge in [-0.15, -0.1) is 24.8 Å². The third kappa shape index (κ3) is 7.68. The van der Waals surface area contributed by atoms with Gasteiger partial charge in [-0.05, 0) is 0 Å². The Morgan fingerprint density at radius 3 is 1.77 bits per heavy atom. The first kappa shape index (κ1) is 34.7. The summed E-state index contributed by atoms with van der Waals surface area (Å²) < 4.78 is 10.4. The Morgan fingerprint density at radius 2 is 1.30 bits per heavy atom. The molecule has 0 spiro atoms. The van der Waals surface area contributed by atoms with Crippen LogP contribution in [0.5, 0.6) is 5.75 Å². The van der Waals surface area contributed by atoms with E-state index in [2.05, 4.69) is 151 Å². The molecule has 0 aliphatic heterocycles. The molecule has 6 heteroatoms. The minimum Gasteiger partial charge on any atom is -0.147 e. The zero-order chi connectivity index (χ0) is 27.7. The van der Waals surface area contributed by atoms with Gasteiger partial charge in [0, 0.05) is 0 Å². The Hall–Kier alpha value is -1.46. The summed E-state index contributed by atoms with van der Waals surface area (Å²) in [7, 11) is -3.25. The molecule has 0 unspecified atom stereocenters. The maximum Gasteiger partial charge on any atom is -0.147 e. The van der Waals surface area contributed by atoms with Crippen molar-refractivity contribution < 1.29 is 21.1 Å². The molecule has 0 aromatic heterocycles. The van der Waals surface area contributed by atoms with Crippen molar-refractivity contribution in [1.82, 2.24) is 0 Å². The van der Waals surface area contributed by atoms with Gasteiger partial charge in [0.05, 0.1) is 0 Å². The Labute approximate surface area is 263 Å². The molecule has 0 saturated heterocycles. The second kappa shape index (κ2) is 13.7. The van der Waals surface area contributed by atoms with Gasteiger partial charge in [-0.1, -0.05) is 0 Å². The van der Waals surface area contributed by atoms with Crippen LogP contribution in [0.4, 0.5) is 0 Å². The van der Waals surface area contributed by atoms with E-state index in [0.717, 1.165) is 12.2 Å². The molecule has 4 rings (SSSR count). The molecule has 1 aliphatic carbocycles. The van der Waals surface area contributed by atoms with E-state index < -0.39 is 33.9 Å². The van der Waals surface area contributed by atoms with Gasteiger partial charge in [0.25, 0.3) is 0 Å². The summed E-state index contributed by atoms with van der Waals surface area (Å²) in [5.74, 6) is 1.05. The maximum absolute atomic E-state index is 7.40. The normalized spacial score (nSPS) is 13.4. The zero-order valence-corrected chi connectivity index (χ0v) is 30.8. The molecule has 0 heterocycles. The van der Waals surface area contributed by atoms with Crippen LogP contribution in [0.1, 0.15) is 43.9 Å². The van der Waals surface area contributed by atoms with Crippen LogP contribution in [-0.4, -0.2) is 20.0 Å². The Balaban J connectivity index is 0.00000280. The molecule has 0 saturated carbocycles. The SMILES string of the molecule is Cc1cc([O][Ti]([C]2=C([Si](C)(C)C)C=CC2)=[C](c2ccccc2)c2ccccc2)cc([Si](C)(C)C(C)(C)C)c1.Cl.Cl. The largest absolute Gasteiger partial charge is 0.147 e. The summed E-state index contributed by atoms with van der Waals surface area (Å²) in [4.78, 5) is 0. The molecule has 0 N–H and O–H groups in total. The number of benzene rings is 3. The molecule has 0 radical (unpaired) electrons. The fourth-order valence-electron chi connectivity index (χ4n) is 5.04. The fourth-order valence-corrected chi connectivity index (χ4v) is 14.6. The van der Waals surface area contributed by atoms with E-state index in [4.69, 9.17) is 3.32 Å². The van der Waals surface area contributed by atoms with E-state index in [0.29, 0.717) is 0 Å². The molecule has 40 heavy (non-hydrogen) atoms. The number of halogens is 2. The van der Waals surface area contributed by atoms with Gasteiger partial charge >= 0.3 is 241 Å². The minimum atomic E-state index is -2.48. The number of aryl methyl sites for hydroxylation is 1. The predicted molar refractivity (Wildman–Crippen MR) is 183 cm³/mol. The molecule has 0 fully saturated rings. The molecule has 1 nitrogen and oxygen atoms in total. The van der Waals surface area contributed by atoms with Crippen LogP contribution in [0.25, 0.3) is 0 Å². The molecular formula is C34H46Cl2OSi2Ti. The summed E-state index contributed by atoms with van der Waals surface area (Å²) >= 11 is -2.48. The van der Waals surface area contributed by atoms with E-state index >= 15 is 0 Å². The van der Waals surface area contributed by atoms with Gasteiger partial charge in [0.1, 0.15) is 0 Å². The second-order valence-electron chi connectivity index (χ2n) is 13.2. The first-order chi connectivity index (χ1) is 17.8. The van der Waals surface area contributed by atoms with Gasteiger partial charge in [0.2, 0.25) is 0 Å². The molecule has 0 amide bonds.